The summed E-state index contributed by atoms with van der Waals surface area (Å²) in [5.41, 5.74) is 11.3. The van der Waals surface area contributed by atoms with Crippen molar-refractivity contribution >= 4 is 5.69 Å². The van der Waals surface area contributed by atoms with Gasteiger partial charge in [0, 0.05) is 38.4 Å². The molecule has 0 spiro atoms. The summed E-state index contributed by atoms with van der Waals surface area (Å²) in [4.78, 5) is 5.08. The Labute approximate surface area is 146 Å². The number of nitrogens with two attached hydrogens (primary N) is 1. The first kappa shape index (κ1) is 17.0. The monoisotopic (exact) mass is 323 g/mol. The van der Waals surface area contributed by atoms with Crippen LogP contribution in [0.3, 0.4) is 0 Å². The predicted octanol–water partition coefficient (Wildman–Crippen LogP) is 3.21. The molecule has 0 atom stereocenters. The van der Waals surface area contributed by atoms with Crippen LogP contribution in [0, 0.1) is 6.92 Å². The molecule has 2 aromatic carbocycles. The lowest BCUT2D eigenvalue weighted by Gasteiger charge is -2.37. The molecule has 2 aromatic rings. The zero-order valence-electron chi connectivity index (χ0n) is 14.7. The number of aryl methyl sites for hydroxylation is 2. The molecule has 0 saturated carbocycles. The molecule has 0 aliphatic carbocycles. The number of piperazine rings is 1. The van der Waals surface area contributed by atoms with E-state index < -0.39 is 0 Å². The third kappa shape index (κ3) is 4.37. The molecule has 3 rings (SSSR count). The van der Waals surface area contributed by atoms with E-state index in [2.05, 4.69) is 65.3 Å². The summed E-state index contributed by atoms with van der Waals surface area (Å²) >= 11 is 0. The molecular formula is C21H29N3. The molecule has 1 aliphatic heterocycles. The van der Waals surface area contributed by atoms with Crippen molar-refractivity contribution in [2.24, 2.45) is 5.73 Å². The van der Waals surface area contributed by atoms with Crippen LogP contribution in [0.1, 0.15) is 23.1 Å². The molecule has 0 unspecified atom stereocenters. The van der Waals surface area contributed by atoms with E-state index in [0.717, 1.165) is 26.2 Å². The van der Waals surface area contributed by atoms with E-state index in [9.17, 15) is 0 Å². The lowest BCUT2D eigenvalue weighted by Crippen LogP contribution is -2.47. The van der Waals surface area contributed by atoms with Gasteiger partial charge >= 0.3 is 0 Å². The Hall–Kier alpha value is -1.84. The normalized spacial score (nSPS) is 15.7. The summed E-state index contributed by atoms with van der Waals surface area (Å²) in [5, 5.41) is 0. The highest BCUT2D eigenvalue weighted by Crippen LogP contribution is 2.21. The second-order valence-corrected chi connectivity index (χ2v) is 6.75. The van der Waals surface area contributed by atoms with Gasteiger partial charge in [-0.15, -0.1) is 0 Å². The van der Waals surface area contributed by atoms with E-state index in [0.29, 0.717) is 6.54 Å². The van der Waals surface area contributed by atoms with Gasteiger partial charge in [0.1, 0.15) is 0 Å². The molecule has 0 aromatic heterocycles. The van der Waals surface area contributed by atoms with Crippen molar-refractivity contribution in [3.05, 3.63) is 65.2 Å². The second-order valence-electron chi connectivity index (χ2n) is 6.75. The van der Waals surface area contributed by atoms with Crippen molar-refractivity contribution in [3.8, 4) is 0 Å². The van der Waals surface area contributed by atoms with Crippen molar-refractivity contribution in [2.45, 2.75) is 26.3 Å². The van der Waals surface area contributed by atoms with Crippen LogP contribution in [-0.2, 0) is 13.0 Å². The Morgan fingerprint density at radius 3 is 2.50 bits per heavy atom. The molecule has 2 N–H and O–H groups in total. The van der Waals surface area contributed by atoms with Gasteiger partial charge in [0.2, 0.25) is 0 Å². The smallest absolute Gasteiger partial charge is 0.0412 e. The molecule has 3 nitrogen and oxygen atoms in total. The van der Waals surface area contributed by atoms with E-state index in [-0.39, 0.29) is 0 Å². The fraction of sp³-hybridized carbons (Fsp3) is 0.429. The molecule has 1 aliphatic rings. The van der Waals surface area contributed by atoms with E-state index >= 15 is 0 Å². The van der Waals surface area contributed by atoms with Gasteiger partial charge in [0.25, 0.3) is 0 Å². The SMILES string of the molecule is Cc1cccc(CCCN2CCN(c3ccccc3CN)CC2)c1. The zero-order chi connectivity index (χ0) is 16.8. The maximum absolute atomic E-state index is 5.88. The van der Waals surface area contributed by atoms with E-state index in [1.807, 2.05) is 0 Å². The average molecular weight is 323 g/mol. The minimum absolute atomic E-state index is 0.618. The molecule has 0 amide bonds. The maximum atomic E-state index is 5.88. The Bertz CT molecular complexity index is 645. The highest BCUT2D eigenvalue weighted by molar-refractivity contribution is 5.54. The van der Waals surface area contributed by atoms with Gasteiger partial charge in [-0.05, 0) is 43.5 Å². The summed E-state index contributed by atoms with van der Waals surface area (Å²) in [5.74, 6) is 0. The Morgan fingerprint density at radius 1 is 0.958 bits per heavy atom. The quantitative estimate of drug-likeness (QED) is 0.886. The first-order valence-corrected chi connectivity index (χ1v) is 9.07. The Balaban J connectivity index is 1.45. The van der Waals surface area contributed by atoms with Crippen molar-refractivity contribution < 1.29 is 0 Å². The van der Waals surface area contributed by atoms with Crippen LogP contribution in [0.2, 0.25) is 0 Å². The van der Waals surface area contributed by atoms with Crippen LogP contribution in [0.15, 0.2) is 48.5 Å². The minimum Gasteiger partial charge on any atom is -0.369 e. The van der Waals surface area contributed by atoms with Gasteiger partial charge < -0.3 is 10.6 Å². The van der Waals surface area contributed by atoms with Crippen LogP contribution in [-0.4, -0.2) is 37.6 Å². The molecule has 0 bridgehead atoms. The number of anilines is 1. The highest BCUT2D eigenvalue weighted by Gasteiger charge is 2.18. The first-order chi connectivity index (χ1) is 11.8. The van der Waals surface area contributed by atoms with E-state index in [1.54, 1.807) is 0 Å². The van der Waals surface area contributed by atoms with Gasteiger partial charge in [-0.2, -0.15) is 0 Å². The Kier molecular flexibility index (Phi) is 5.89. The maximum Gasteiger partial charge on any atom is 0.0412 e. The number of rotatable bonds is 6. The topological polar surface area (TPSA) is 32.5 Å². The highest BCUT2D eigenvalue weighted by atomic mass is 15.3. The van der Waals surface area contributed by atoms with E-state index in [4.69, 9.17) is 5.73 Å². The van der Waals surface area contributed by atoms with Crippen LogP contribution in [0.5, 0.6) is 0 Å². The summed E-state index contributed by atoms with van der Waals surface area (Å²) in [6, 6.07) is 17.4. The number of benzene rings is 2. The van der Waals surface area contributed by atoms with Gasteiger partial charge in [0.15, 0.2) is 0 Å². The minimum atomic E-state index is 0.618. The van der Waals surface area contributed by atoms with Crippen molar-refractivity contribution in [2.75, 3.05) is 37.6 Å². The second kappa shape index (κ2) is 8.32. The molecule has 1 saturated heterocycles. The molecule has 1 fully saturated rings. The van der Waals surface area contributed by atoms with Crippen molar-refractivity contribution in [1.82, 2.24) is 4.90 Å². The average Bonchev–Trinajstić information content (AvgIpc) is 2.62. The lowest BCUT2D eigenvalue weighted by molar-refractivity contribution is 0.255. The standard InChI is InChI=1S/C21H29N3/c1-18-6-4-7-19(16-18)8-5-11-23-12-14-24(15-13-23)21-10-3-2-9-20(21)17-22/h2-4,6-7,9-10,16H,5,8,11-15,17,22H2,1H3. The summed E-state index contributed by atoms with van der Waals surface area (Å²) in [6.07, 6.45) is 2.42. The van der Waals surface area contributed by atoms with Gasteiger partial charge in [-0.25, -0.2) is 0 Å². The molecule has 0 radical (unpaired) electrons. The molecule has 3 heteroatoms. The number of para-hydroxylation sites is 1. The van der Waals surface area contributed by atoms with Crippen LogP contribution in [0.25, 0.3) is 0 Å². The summed E-state index contributed by atoms with van der Waals surface area (Å²) in [6.45, 7) is 8.47. The number of nitrogens with zero attached hydrogens (tertiary/aromatic N) is 2. The van der Waals surface area contributed by atoms with Crippen LogP contribution >= 0.6 is 0 Å². The summed E-state index contributed by atoms with van der Waals surface area (Å²) in [7, 11) is 0. The van der Waals surface area contributed by atoms with Gasteiger partial charge in [-0.1, -0.05) is 48.0 Å². The number of hydrogen-bond acceptors (Lipinski definition) is 3. The summed E-state index contributed by atoms with van der Waals surface area (Å²) < 4.78 is 0. The molecule has 128 valence electrons. The molecule has 24 heavy (non-hydrogen) atoms. The van der Waals surface area contributed by atoms with Gasteiger partial charge in [-0.3, -0.25) is 4.90 Å². The molecular weight excluding hydrogens is 294 g/mol. The fourth-order valence-corrected chi connectivity index (χ4v) is 3.58. The fourth-order valence-electron chi connectivity index (χ4n) is 3.58. The third-order valence-corrected chi connectivity index (χ3v) is 4.95. The zero-order valence-corrected chi connectivity index (χ0v) is 14.7. The molecule has 1 heterocycles. The predicted molar refractivity (Wildman–Crippen MR) is 102 cm³/mol. The van der Waals surface area contributed by atoms with Crippen LogP contribution < -0.4 is 10.6 Å². The largest absolute Gasteiger partial charge is 0.369 e. The Morgan fingerprint density at radius 2 is 1.75 bits per heavy atom. The van der Waals surface area contributed by atoms with Gasteiger partial charge in [0.05, 0.1) is 0 Å². The van der Waals surface area contributed by atoms with Crippen LogP contribution in [0.4, 0.5) is 5.69 Å². The van der Waals surface area contributed by atoms with Crippen molar-refractivity contribution in [3.63, 3.8) is 0 Å². The lowest BCUT2D eigenvalue weighted by atomic mass is 10.1. The first-order valence-electron chi connectivity index (χ1n) is 9.07. The number of hydrogen-bond donors (Lipinski definition) is 1. The third-order valence-electron chi connectivity index (χ3n) is 4.95. The van der Waals surface area contributed by atoms with Crippen molar-refractivity contribution in [1.29, 1.82) is 0 Å². The van der Waals surface area contributed by atoms with E-state index in [1.165, 1.54) is 41.8 Å².